The first-order chi connectivity index (χ1) is 11.8. The highest BCUT2D eigenvalue weighted by Gasteiger charge is 2.30. The number of nitrogens with one attached hydrogen (secondary N) is 1. The second-order valence-electron chi connectivity index (χ2n) is 7.02. The van der Waals surface area contributed by atoms with Gasteiger partial charge in [-0.25, -0.2) is 0 Å². The molecule has 0 saturated carbocycles. The molecular weight excluding hydrogens is 300 g/mol. The van der Waals surface area contributed by atoms with Crippen molar-refractivity contribution < 1.29 is 9.84 Å². The Hall–Kier alpha value is -0.940. The lowest BCUT2D eigenvalue weighted by atomic mass is 9.91. The number of methoxy groups -OCH3 is 1. The molecule has 0 amide bonds. The predicted molar refractivity (Wildman–Crippen MR) is 99.0 cm³/mol. The van der Waals surface area contributed by atoms with E-state index in [1.54, 1.807) is 7.11 Å². The first-order valence-corrected chi connectivity index (χ1v) is 9.39. The SMILES string of the molecule is CCCCC(COC)NC1CN(Cc2ccccc2)CCC1CO. The van der Waals surface area contributed by atoms with Crippen LogP contribution in [0.3, 0.4) is 0 Å². The van der Waals surface area contributed by atoms with Crippen LogP contribution in [-0.2, 0) is 11.3 Å². The zero-order valence-electron chi connectivity index (χ0n) is 15.3. The van der Waals surface area contributed by atoms with E-state index in [9.17, 15) is 5.11 Å². The maximum Gasteiger partial charge on any atom is 0.0615 e. The minimum atomic E-state index is 0.268. The molecule has 24 heavy (non-hydrogen) atoms. The number of aliphatic hydroxyl groups is 1. The average molecular weight is 335 g/mol. The van der Waals surface area contributed by atoms with Gasteiger partial charge in [0, 0.05) is 38.9 Å². The third kappa shape index (κ3) is 6.17. The van der Waals surface area contributed by atoms with Crippen molar-refractivity contribution >= 4 is 0 Å². The summed E-state index contributed by atoms with van der Waals surface area (Å²) in [6.45, 7) is 6.27. The van der Waals surface area contributed by atoms with E-state index in [0.717, 1.165) is 39.1 Å². The fourth-order valence-electron chi connectivity index (χ4n) is 3.63. The molecule has 1 aliphatic heterocycles. The molecule has 0 aliphatic carbocycles. The molecule has 1 fully saturated rings. The van der Waals surface area contributed by atoms with Gasteiger partial charge in [-0.05, 0) is 30.9 Å². The summed E-state index contributed by atoms with van der Waals surface area (Å²) < 4.78 is 5.40. The largest absolute Gasteiger partial charge is 0.396 e. The highest BCUT2D eigenvalue weighted by atomic mass is 16.5. The van der Waals surface area contributed by atoms with E-state index in [1.165, 1.54) is 18.4 Å². The molecule has 3 unspecified atom stereocenters. The molecule has 1 saturated heterocycles. The molecule has 1 aliphatic rings. The minimum Gasteiger partial charge on any atom is -0.396 e. The van der Waals surface area contributed by atoms with Crippen LogP contribution < -0.4 is 5.32 Å². The van der Waals surface area contributed by atoms with Crippen molar-refractivity contribution in [2.24, 2.45) is 5.92 Å². The number of piperidine rings is 1. The van der Waals surface area contributed by atoms with Crippen LogP contribution in [0, 0.1) is 5.92 Å². The molecule has 4 heteroatoms. The third-order valence-corrected chi connectivity index (χ3v) is 5.05. The number of rotatable bonds is 10. The van der Waals surface area contributed by atoms with Crippen LogP contribution in [0.5, 0.6) is 0 Å². The lowest BCUT2D eigenvalue weighted by Crippen LogP contribution is -2.55. The molecule has 1 heterocycles. The van der Waals surface area contributed by atoms with E-state index in [2.05, 4.69) is 47.5 Å². The van der Waals surface area contributed by atoms with Gasteiger partial charge in [0.15, 0.2) is 0 Å². The van der Waals surface area contributed by atoms with E-state index in [1.807, 2.05) is 0 Å². The second kappa shape index (κ2) is 10.8. The number of hydrogen-bond acceptors (Lipinski definition) is 4. The van der Waals surface area contributed by atoms with Gasteiger partial charge in [-0.2, -0.15) is 0 Å². The number of aliphatic hydroxyl groups excluding tert-OH is 1. The van der Waals surface area contributed by atoms with Gasteiger partial charge in [0.25, 0.3) is 0 Å². The molecule has 2 rings (SSSR count). The highest BCUT2D eigenvalue weighted by molar-refractivity contribution is 5.14. The summed E-state index contributed by atoms with van der Waals surface area (Å²) in [6.07, 6.45) is 4.60. The van der Waals surface area contributed by atoms with Gasteiger partial charge in [-0.15, -0.1) is 0 Å². The highest BCUT2D eigenvalue weighted by Crippen LogP contribution is 2.20. The summed E-state index contributed by atoms with van der Waals surface area (Å²) in [5.41, 5.74) is 1.36. The van der Waals surface area contributed by atoms with Crippen LogP contribution in [0.25, 0.3) is 0 Å². The lowest BCUT2D eigenvalue weighted by Gasteiger charge is -2.40. The maximum absolute atomic E-state index is 9.77. The Kier molecular flexibility index (Phi) is 8.75. The summed E-state index contributed by atoms with van der Waals surface area (Å²) in [5.74, 6) is 0.345. The van der Waals surface area contributed by atoms with Gasteiger partial charge in [-0.3, -0.25) is 4.90 Å². The summed E-state index contributed by atoms with van der Waals surface area (Å²) >= 11 is 0. The molecule has 0 radical (unpaired) electrons. The standard InChI is InChI=1S/C20H34N2O2/c1-3-4-10-19(16-24-2)21-20-14-22(12-11-18(20)15-23)13-17-8-6-5-7-9-17/h5-9,18-21,23H,3-4,10-16H2,1-2H3. The van der Waals surface area contributed by atoms with Crippen molar-refractivity contribution in [1.29, 1.82) is 0 Å². The summed E-state index contributed by atoms with van der Waals surface area (Å²) in [5, 5.41) is 13.5. The molecular formula is C20H34N2O2. The normalized spacial score (nSPS) is 23.3. The first kappa shape index (κ1) is 19.4. The van der Waals surface area contributed by atoms with Crippen molar-refractivity contribution in [1.82, 2.24) is 10.2 Å². The number of benzene rings is 1. The molecule has 0 aromatic heterocycles. The van der Waals surface area contributed by atoms with E-state index >= 15 is 0 Å². The third-order valence-electron chi connectivity index (χ3n) is 5.05. The van der Waals surface area contributed by atoms with E-state index in [4.69, 9.17) is 4.74 Å². The Bertz CT molecular complexity index is 441. The Morgan fingerprint density at radius 1 is 1.33 bits per heavy atom. The van der Waals surface area contributed by atoms with Crippen LogP contribution in [0.1, 0.15) is 38.2 Å². The molecule has 2 N–H and O–H groups in total. The van der Waals surface area contributed by atoms with Crippen LogP contribution in [0.15, 0.2) is 30.3 Å². The smallest absolute Gasteiger partial charge is 0.0615 e. The fourth-order valence-corrected chi connectivity index (χ4v) is 3.63. The Morgan fingerprint density at radius 3 is 2.79 bits per heavy atom. The van der Waals surface area contributed by atoms with Gasteiger partial charge in [0.05, 0.1) is 6.61 Å². The average Bonchev–Trinajstić information content (AvgIpc) is 2.61. The quantitative estimate of drug-likeness (QED) is 0.690. The number of likely N-dealkylation sites (tertiary alicyclic amines) is 1. The van der Waals surface area contributed by atoms with Crippen LogP contribution in [0.2, 0.25) is 0 Å². The van der Waals surface area contributed by atoms with Gasteiger partial charge < -0.3 is 15.2 Å². The topological polar surface area (TPSA) is 44.7 Å². The Balaban J connectivity index is 1.93. The van der Waals surface area contributed by atoms with Crippen molar-refractivity contribution in [3.8, 4) is 0 Å². The number of unbranched alkanes of at least 4 members (excludes halogenated alkanes) is 1. The van der Waals surface area contributed by atoms with Crippen molar-refractivity contribution in [2.45, 2.75) is 51.2 Å². The Morgan fingerprint density at radius 2 is 2.12 bits per heavy atom. The lowest BCUT2D eigenvalue weighted by molar-refractivity contribution is 0.0726. The van der Waals surface area contributed by atoms with E-state index < -0.39 is 0 Å². The van der Waals surface area contributed by atoms with E-state index in [0.29, 0.717) is 18.0 Å². The van der Waals surface area contributed by atoms with Crippen LogP contribution in [0.4, 0.5) is 0 Å². The fraction of sp³-hybridized carbons (Fsp3) is 0.700. The first-order valence-electron chi connectivity index (χ1n) is 9.39. The summed E-state index contributed by atoms with van der Waals surface area (Å²) in [7, 11) is 1.77. The van der Waals surface area contributed by atoms with Gasteiger partial charge in [-0.1, -0.05) is 50.1 Å². The van der Waals surface area contributed by atoms with Gasteiger partial charge in [0.1, 0.15) is 0 Å². The van der Waals surface area contributed by atoms with Crippen LogP contribution >= 0.6 is 0 Å². The molecule has 4 nitrogen and oxygen atoms in total. The maximum atomic E-state index is 9.77. The predicted octanol–water partition coefficient (Wildman–Crippen LogP) is 2.66. The zero-order chi connectivity index (χ0) is 17.2. The zero-order valence-corrected chi connectivity index (χ0v) is 15.3. The minimum absolute atomic E-state index is 0.268. The van der Waals surface area contributed by atoms with Gasteiger partial charge >= 0.3 is 0 Å². The number of nitrogens with zero attached hydrogens (tertiary/aromatic N) is 1. The molecule has 1 aromatic carbocycles. The molecule has 0 bridgehead atoms. The summed E-state index contributed by atoms with van der Waals surface area (Å²) in [6, 6.07) is 11.4. The van der Waals surface area contributed by atoms with Crippen molar-refractivity contribution in [3.05, 3.63) is 35.9 Å². The molecule has 1 aromatic rings. The molecule has 3 atom stereocenters. The summed E-state index contributed by atoms with van der Waals surface area (Å²) in [4.78, 5) is 2.50. The molecule has 136 valence electrons. The molecule has 0 spiro atoms. The van der Waals surface area contributed by atoms with Crippen molar-refractivity contribution in [2.75, 3.05) is 33.4 Å². The van der Waals surface area contributed by atoms with E-state index in [-0.39, 0.29) is 6.61 Å². The monoisotopic (exact) mass is 334 g/mol. The number of ether oxygens (including phenoxy) is 1. The van der Waals surface area contributed by atoms with Crippen molar-refractivity contribution in [3.63, 3.8) is 0 Å². The second-order valence-corrected chi connectivity index (χ2v) is 7.02. The van der Waals surface area contributed by atoms with Crippen LogP contribution in [-0.4, -0.2) is 55.5 Å². The number of hydrogen-bond donors (Lipinski definition) is 2. The van der Waals surface area contributed by atoms with Gasteiger partial charge in [0.2, 0.25) is 0 Å². The Labute approximate surface area is 147 Å².